The molecule has 1 aliphatic rings. The van der Waals surface area contributed by atoms with Crippen LogP contribution >= 0.6 is 0 Å². The molecule has 1 heterocycles. The molecule has 158 valence electrons. The molecule has 0 bridgehead atoms. The second-order valence-corrected chi connectivity index (χ2v) is 8.15. The van der Waals surface area contributed by atoms with Gasteiger partial charge in [-0.15, -0.1) is 0 Å². The standard InChI is InChI=1S/C25H28O5/c1-14(2)5-7-16-13-17(8-11-20(16)26)24-23(29)22(28)19-10-12-21(27)18(25(19)30-24)9-6-15(3)4/h5-6,8,10-13,23-24,26-27,29H,7,9H2,1-4H3/t23-,24+/m1/s1. The second-order valence-electron chi connectivity index (χ2n) is 8.15. The van der Waals surface area contributed by atoms with Crippen molar-refractivity contribution in [3.63, 3.8) is 0 Å². The average Bonchev–Trinajstić information content (AvgIpc) is 2.69. The maximum atomic E-state index is 12.9. The number of Topliss-reactive ketones (excluding diaryl/α,β-unsaturated/α-hetero) is 1. The molecule has 0 unspecified atom stereocenters. The van der Waals surface area contributed by atoms with E-state index in [0.717, 1.165) is 11.1 Å². The number of rotatable bonds is 5. The number of ketones is 1. The van der Waals surface area contributed by atoms with E-state index in [9.17, 15) is 20.1 Å². The number of carbonyl (C=O) groups is 1. The molecule has 0 saturated carbocycles. The van der Waals surface area contributed by atoms with Gasteiger partial charge in [-0.3, -0.25) is 4.79 Å². The molecule has 5 heteroatoms. The van der Waals surface area contributed by atoms with Crippen LogP contribution in [0, 0.1) is 0 Å². The fraction of sp³-hybridized carbons (Fsp3) is 0.320. The van der Waals surface area contributed by atoms with E-state index < -0.39 is 18.0 Å². The highest BCUT2D eigenvalue weighted by Gasteiger charge is 2.38. The van der Waals surface area contributed by atoms with Crippen LogP contribution in [0.4, 0.5) is 0 Å². The van der Waals surface area contributed by atoms with Gasteiger partial charge < -0.3 is 20.1 Å². The number of aliphatic hydroxyl groups excluding tert-OH is 1. The van der Waals surface area contributed by atoms with Crippen molar-refractivity contribution < 1.29 is 24.9 Å². The van der Waals surface area contributed by atoms with Gasteiger partial charge in [-0.25, -0.2) is 0 Å². The number of benzene rings is 2. The van der Waals surface area contributed by atoms with E-state index in [-0.39, 0.29) is 17.1 Å². The first kappa shape index (κ1) is 21.7. The molecule has 2 atom stereocenters. The molecule has 3 N–H and O–H groups in total. The Bertz CT molecular complexity index is 1020. The van der Waals surface area contributed by atoms with Crippen molar-refractivity contribution in [3.05, 3.63) is 75.9 Å². The van der Waals surface area contributed by atoms with Crippen LogP contribution in [-0.4, -0.2) is 27.2 Å². The summed E-state index contributed by atoms with van der Waals surface area (Å²) < 4.78 is 6.11. The lowest BCUT2D eigenvalue weighted by atomic mass is 9.90. The third kappa shape index (κ3) is 4.41. The van der Waals surface area contributed by atoms with Gasteiger partial charge in [0.05, 0.1) is 5.56 Å². The van der Waals surface area contributed by atoms with Crippen LogP contribution in [-0.2, 0) is 12.8 Å². The Labute approximate surface area is 177 Å². The number of allylic oxidation sites excluding steroid dienone is 4. The zero-order chi connectivity index (χ0) is 22.0. The number of hydrogen-bond acceptors (Lipinski definition) is 5. The number of phenolic OH excluding ortho intramolecular Hbond substituents is 2. The number of fused-ring (bicyclic) bond motifs is 1. The van der Waals surface area contributed by atoms with Crippen LogP contribution < -0.4 is 4.74 Å². The van der Waals surface area contributed by atoms with Crippen LogP contribution in [0.15, 0.2) is 53.6 Å². The van der Waals surface area contributed by atoms with E-state index in [4.69, 9.17) is 4.74 Å². The highest BCUT2D eigenvalue weighted by Crippen LogP contribution is 2.42. The van der Waals surface area contributed by atoms with E-state index in [1.165, 1.54) is 12.1 Å². The van der Waals surface area contributed by atoms with Gasteiger partial charge in [-0.1, -0.05) is 29.4 Å². The number of carbonyl (C=O) groups excluding carboxylic acids is 1. The van der Waals surface area contributed by atoms with Crippen LogP contribution in [0.1, 0.15) is 60.8 Å². The summed E-state index contributed by atoms with van der Waals surface area (Å²) in [4.78, 5) is 12.9. The lowest BCUT2D eigenvalue weighted by Crippen LogP contribution is -2.36. The van der Waals surface area contributed by atoms with E-state index >= 15 is 0 Å². The fourth-order valence-electron chi connectivity index (χ4n) is 3.45. The van der Waals surface area contributed by atoms with Crippen molar-refractivity contribution in [3.8, 4) is 17.2 Å². The lowest BCUT2D eigenvalue weighted by molar-refractivity contribution is 0.0211. The molecule has 0 aliphatic carbocycles. The van der Waals surface area contributed by atoms with Gasteiger partial charge in [0.1, 0.15) is 17.2 Å². The number of aromatic hydroxyl groups is 2. The predicted molar refractivity (Wildman–Crippen MR) is 116 cm³/mol. The first-order valence-corrected chi connectivity index (χ1v) is 10.0. The molecule has 30 heavy (non-hydrogen) atoms. The van der Waals surface area contributed by atoms with Gasteiger partial charge in [0.25, 0.3) is 0 Å². The molecular formula is C25H28O5. The van der Waals surface area contributed by atoms with Crippen molar-refractivity contribution in [2.24, 2.45) is 0 Å². The molecule has 0 saturated heterocycles. The van der Waals surface area contributed by atoms with Gasteiger partial charge >= 0.3 is 0 Å². The minimum atomic E-state index is -1.38. The van der Waals surface area contributed by atoms with Crippen molar-refractivity contribution in [1.82, 2.24) is 0 Å². The number of phenols is 2. The highest BCUT2D eigenvalue weighted by molar-refractivity contribution is 6.03. The summed E-state index contributed by atoms with van der Waals surface area (Å²) >= 11 is 0. The predicted octanol–water partition coefficient (Wildman–Crippen LogP) is 4.79. The third-order valence-corrected chi connectivity index (χ3v) is 5.18. The molecule has 5 nitrogen and oxygen atoms in total. The van der Waals surface area contributed by atoms with Crippen LogP contribution in [0.3, 0.4) is 0 Å². The first-order chi connectivity index (χ1) is 14.2. The van der Waals surface area contributed by atoms with Crippen LogP contribution in [0.5, 0.6) is 17.2 Å². The van der Waals surface area contributed by atoms with Crippen molar-refractivity contribution in [1.29, 1.82) is 0 Å². The number of aliphatic hydroxyl groups is 1. The Kier molecular flexibility index (Phi) is 6.32. The van der Waals surface area contributed by atoms with Gasteiger partial charge in [0.15, 0.2) is 18.0 Å². The normalized spacial score (nSPS) is 17.7. The topological polar surface area (TPSA) is 87.0 Å². The molecule has 0 radical (unpaired) electrons. The maximum absolute atomic E-state index is 12.9. The van der Waals surface area contributed by atoms with E-state index in [1.807, 2.05) is 39.8 Å². The molecule has 3 rings (SSSR count). The van der Waals surface area contributed by atoms with Crippen molar-refractivity contribution >= 4 is 5.78 Å². The molecule has 0 fully saturated rings. The quantitative estimate of drug-likeness (QED) is 0.619. The third-order valence-electron chi connectivity index (χ3n) is 5.18. The lowest BCUT2D eigenvalue weighted by Gasteiger charge is -2.31. The second kappa shape index (κ2) is 8.76. The average molecular weight is 408 g/mol. The summed E-state index contributed by atoms with van der Waals surface area (Å²) in [6.45, 7) is 7.86. The minimum absolute atomic E-state index is 0.0455. The van der Waals surface area contributed by atoms with E-state index in [2.05, 4.69) is 0 Å². The molecular weight excluding hydrogens is 380 g/mol. The summed E-state index contributed by atoms with van der Waals surface area (Å²) in [6, 6.07) is 7.88. The van der Waals surface area contributed by atoms with Gasteiger partial charge in [-0.05, 0) is 75.9 Å². The Morgan fingerprint density at radius 3 is 2.27 bits per heavy atom. The van der Waals surface area contributed by atoms with Crippen LogP contribution in [0.25, 0.3) is 0 Å². The van der Waals surface area contributed by atoms with Crippen molar-refractivity contribution in [2.45, 2.75) is 52.7 Å². The molecule has 0 aromatic heterocycles. The fourth-order valence-corrected chi connectivity index (χ4v) is 3.45. The van der Waals surface area contributed by atoms with Gasteiger partial charge in [-0.2, -0.15) is 0 Å². The summed E-state index contributed by atoms with van der Waals surface area (Å²) in [5.74, 6) is 0.0460. The van der Waals surface area contributed by atoms with Gasteiger partial charge in [0, 0.05) is 5.56 Å². The van der Waals surface area contributed by atoms with Crippen molar-refractivity contribution in [2.75, 3.05) is 0 Å². The SMILES string of the molecule is CC(C)=CCc1cc([C@@H]2Oc3c(ccc(O)c3CC=C(C)C)C(=O)[C@H]2O)ccc1O. The minimum Gasteiger partial charge on any atom is -0.508 e. The highest BCUT2D eigenvalue weighted by atomic mass is 16.5. The zero-order valence-electron chi connectivity index (χ0n) is 17.8. The smallest absolute Gasteiger partial charge is 0.199 e. The summed E-state index contributed by atoms with van der Waals surface area (Å²) in [5.41, 5.74) is 4.25. The van der Waals surface area contributed by atoms with Crippen LogP contribution in [0.2, 0.25) is 0 Å². The summed E-state index contributed by atoms with van der Waals surface area (Å²) in [7, 11) is 0. The monoisotopic (exact) mass is 408 g/mol. The Morgan fingerprint density at radius 1 is 0.967 bits per heavy atom. The number of hydrogen-bond donors (Lipinski definition) is 3. The molecule has 1 aliphatic heterocycles. The summed E-state index contributed by atoms with van der Waals surface area (Å²) in [6.07, 6.45) is 2.58. The van der Waals surface area contributed by atoms with E-state index in [1.54, 1.807) is 18.2 Å². The molecule has 0 amide bonds. The first-order valence-electron chi connectivity index (χ1n) is 10.0. The Morgan fingerprint density at radius 2 is 1.60 bits per heavy atom. The Balaban J connectivity index is 2.04. The van der Waals surface area contributed by atoms with Gasteiger partial charge in [0.2, 0.25) is 0 Å². The maximum Gasteiger partial charge on any atom is 0.199 e. The zero-order valence-corrected chi connectivity index (χ0v) is 17.8. The largest absolute Gasteiger partial charge is 0.508 e. The summed E-state index contributed by atoms with van der Waals surface area (Å²) in [5, 5.41) is 31.2. The molecule has 0 spiro atoms. The molecule has 2 aromatic rings. The molecule has 2 aromatic carbocycles. The number of ether oxygens (including phenoxy) is 1. The Hall–Kier alpha value is -3.05. The van der Waals surface area contributed by atoms with E-state index in [0.29, 0.717) is 35.3 Å².